The minimum Gasteiger partial charge on any atom is -0.486 e. The topological polar surface area (TPSA) is 60.0 Å². The maximum absolute atomic E-state index is 9.99. The van der Waals surface area contributed by atoms with Crippen LogP contribution in [0.5, 0.6) is 11.5 Å². The molecule has 1 aliphatic rings. The summed E-state index contributed by atoms with van der Waals surface area (Å²) in [6.45, 7) is 2.12. The quantitative estimate of drug-likeness (QED) is 0.755. The highest BCUT2D eigenvalue weighted by Crippen LogP contribution is 2.30. The number of nitrogens with one attached hydrogen (secondary N) is 1. The molecule has 6 heteroatoms. The molecule has 0 bridgehead atoms. The predicted molar refractivity (Wildman–Crippen MR) is 96.3 cm³/mol. The van der Waals surface area contributed by atoms with E-state index < -0.39 is 6.10 Å². The van der Waals surface area contributed by atoms with Gasteiger partial charge in [0.05, 0.1) is 19.3 Å². The van der Waals surface area contributed by atoms with Crippen LogP contribution in [0.15, 0.2) is 48.5 Å². The van der Waals surface area contributed by atoms with Gasteiger partial charge in [-0.25, -0.2) is 0 Å². The monoisotopic (exact) mass is 363 g/mol. The fraction of sp³-hybridized carbons (Fsp3) is 0.368. The second-order valence-electron chi connectivity index (χ2n) is 5.92. The van der Waals surface area contributed by atoms with Crippen LogP contribution in [0, 0.1) is 0 Å². The lowest BCUT2D eigenvalue weighted by molar-refractivity contribution is 0.0259. The van der Waals surface area contributed by atoms with Crippen LogP contribution in [0.25, 0.3) is 0 Å². The van der Waals surface area contributed by atoms with E-state index in [1.807, 2.05) is 48.5 Å². The molecule has 0 aromatic heterocycles. The fourth-order valence-electron chi connectivity index (χ4n) is 2.55. The molecule has 0 fully saturated rings. The standard InChI is InChI=1S/C19H22ClNO4/c20-17-6-2-1-5-14(17)11-23-12-15(22)9-21-10-16-13-24-18-7-3-4-8-19(18)25-16/h1-8,15-16,21-22H,9-13H2/t15-,16-/m0/s1. The van der Waals surface area contributed by atoms with Crippen LogP contribution in [-0.4, -0.2) is 43.6 Å². The highest BCUT2D eigenvalue weighted by Gasteiger charge is 2.20. The fourth-order valence-corrected chi connectivity index (χ4v) is 2.74. The number of aliphatic hydroxyl groups is 1. The molecule has 2 N–H and O–H groups in total. The number of fused-ring (bicyclic) bond motifs is 1. The second-order valence-corrected chi connectivity index (χ2v) is 6.32. The number of aliphatic hydroxyl groups excluding tert-OH is 1. The van der Waals surface area contributed by atoms with E-state index in [2.05, 4.69) is 5.32 Å². The molecule has 5 nitrogen and oxygen atoms in total. The number of hydrogen-bond acceptors (Lipinski definition) is 5. The van der Waals surface area contributed by atoms with Crippen molar-refractivity contribution in [2.24, 2.45) is 0 Å². The summed E-state index contributed by atoms with van der Waals surface area (Å²) >= 11 is 6.06. The maximum Gasteiger partial charge on any atom is 0.161 e. The van der Waals surface area contributed by atoms with Gasteiger partial charge in [0.15, 0.2) is 11.5 Å². The first-order chi connectivity index (χ1) is 12.2. The van der Waals surface area contributed by atoms with Crippen LogP contribution in [0.3, 0.4) is 0 Å². The molecule has 3 rings (SSSR count). The van der Waals surface area contributed by atoms with Gasteiger partial charge >= 0.3 is 0 Å². The second kappa shape index (κ2) is 9.06. The lowest BCUT2D eigenvalue weighted by Gasteiger charge is -2.27. The molecular weight excluding hydrogens is 342 g/mol. The minimum absolute atomic E-state index is 0.0776. The Morgan fingerprint density at radius 2 is 1.92 bits per heavy atom. The summed E-state index contributed by atoms with van der Waals surface area (Å²) < 4.78 is 17.0. The molecule has 2 aromatic rings. The van der Waals surface area contributed by atoms with E-state index >= 15 is 0 Å². The smallest absolute Gasteiger partial charge is 0.161 e. The summed E-state index contributed by atoms with van der Waals surface area (Å²) in [7, 11) is 0. The van der Waals surface area contributed by atoms with Crippen LogP contribution in [0.1, 0.15) is 5.56 Å². The summed E-state index contributed by atoms with van der Waals surface area (Å²) in [5.74, 6) is 1.52. The van der Waals surface area contributed by atoms with E-state index in [1.54, 1.807) is 0 Å². The Kier molecular flexibility index (Phi) is 6.53. The van der Waals surface area contributed by atoms with Crippen molar-refractivity contribution in [1.82, 2.24) is 5.32 Å². The number of hydrogen-bond donors (Lipinski definition) is 2. The third-order valence-corrected chi connectivity index (χ3v) is 4.21. The highest BCUT2D eigenvalue weighted by molar-refractivity contribution is 6.31. The van der Waals surface area contributed by atoms with Gasteiger partial charge in [0, 0.05) is 18.1 Å². The number of para-hydroxylation sites is 2. The molecule has 0 amide bonds. The largest absolute Gasteiger partial charge is 0.486 e. The Hall–Kier alpha value is -1.79. The third-order valence-electron chi connectivity index (χ3n) is 3.85. The average Bonchev–Trinajstić information content (AvgIpc) is 2.63. The van der Waals surface area contributed by atoms with E-state index in [4.69, 9.17) is 25.8 Å². The van der Waals surface area contributed by atoms with Gasteiger partial charge in [-0.3, -0.25) is 0 Å². The van der Waals surface area contributed by atoms with E-state index in [1.165, 1.54) is 0 Å². The number of benzene rings is 2. The average molecular weight is 364 g/mol. The van der Waals surface area contributed by atoms with E-state index in [0.717, 1.165) is 17.1 Å². The Bertz CT molecular complexity index is 682. The number of halogens is 1. The number of rotatable bonds is 8. The molecule has 134 valence electrons. The molecule has 2 atom stereocenters. The van der Waals surface area contributed by atoms with Crippen molar-refractivity contribution in [3.63, 3.8) is 0 Å². The zero-order valence-electron chi connectivity index (χ0n) is 13.9. The van der Waals surface area contributed by atoms with Gasteiger partial charge in [-0.2, -0.15) is 0 Å². The van der Waals surface area contributed by atoms with Crippen molar-refractivity contribution in [3.8, 4) is 11.5 Å². The molecule has 0 aliphatic carbocycles. The van der Waals surface area contributed by atoms with E-state index in [0.29, 0.717) is 31.3 Å². The van der Waals surface area contributed by atoms with Gasteiger partial charge in [0.1, 0.15) is 12.7 Å². The minimum atomic E-state index is -0.598. The van der Waals surface area contributed by atoms with E-state index in [-0.39, 0.29) is 12.7 Å². The molecule has 1 heterocycles. The molecule has 0 spiro atoms. The molecule has 0 unspecified atom stereocenters. The van der Waals surface area contributed by atoms with Gasteiger partial charge in [-0.1, -0.05) is 41.9 Å². The Labute approximate surface area is 152 Å². The van der Waals surface area contributed by atoms with Crippen molar-refractivity contribution in [2.45, 2.75) is 18.8 Å². The Balaban J connectivity index is 1.32. The van der Waals surface area contributed by atoms with Crippen molar-refractivity contribution in [2.75, 3.05) is 26.3 Å². The van der Waals surface area contributed by atoms with Gasteiger partial charge < -0.3 is 24.6 Å². The lowest BCUT2D eigenvalue weighted by atomic mass is 10.2. The Morgan fingerprint density at radius 1 is 1.16 bits per heavy atom. The SMILES string of the molecule is O[C@@H](CNC[C@H]1COc2ccccc2O1)COCc1ccccc1Cl. The summed E-state index contributed by atoms with van der Waals surface area (Å²) in [5, 5.41) is 13.8. The summed E-state index contributed by atoms with van der Waals surface area (Å²) in [5.41, 5.74) is 0.913. The zero-order chi connectivity index (χ0) is 17.5. The first-order valence-electron chi connectivity index (χ1n) is 8.31. The van der Waals surface area contributed by atoms with Crippen molar-refractivity contribution >= 4 is 11.6 Å². The Morgan fingerprint density at radius 3 is 2.76 bits per heavy atom. The molecular formula is C19H22ClNO4. The van der Waals surface area contributed by atoms with Crippen LogP contribution in [0.4, 0.5) is 0 Å². The molecule has 0 radical (unpaired) electrons. The van der Waals surface area contributed by atoms with Crippen molar-refractivity contribution < 1.29 is 19.3 Å². The van der Waals surface area contributed by atoms with Crippen molar-refractivity contribution in [1.29, 1.82) is 0 Å². The predicted octanol–water partition coefficient (Wildman–Crippen LogP) is 2.65. The van der Waals surface area contributed by atoms with Crippen LogP contribution in [0.2, 0.25) is 5.02 Å². The van der Waals surface area contributed by atoms with Gasteiger partial charge in [-0.15, -0.1) is 0 Å². The molecule has 0 saturated carbocycles. The first-order valence-corrected chi connectivity index (χ1v) is 8.68. The number of ether oxygens (including phenoxy) is 3. The maximum atomic E-state index is 9.99. The molecule has 1 aliphatic heterocycles. The van der Waals surface area contributed by atoms with Crippen LogP contribution < -0.4 is 14.8 Å². The zero-order valence-corrected chi connectivity index (χ0v) is 14.6. The van der Waals surface area contributed by atoms with Gasteiger partial charge in [0.2, 0.25) is 0 Å². The van der Waals surface area contributed by atoms with Crippen LogP contribution in [-0.2, 0) is 11.3 Å². The summed E-state index contributed by atoms with van der Waals surface area (Å²) in [6, 6.07) is 15.1. The normalized spacial score (nSPS) is 17.3. The highest BCUT2D eigenvalue weighted by atomic mass is 35.5. The summed E-state index contributed by atoms with van der Waals surface area (Å²) in [6.07, 6.45) is -0.676. The van der Waals surface area contributed by atoms with Crippen LogP contribution >= 0.6 is 11.6 Å². The molecule has 0 saturated heterocycles. The molecule has 25 heavy (non-hydrogen) atoms. The lowest BCUT2D eigenvalue weighted by Crippen LogP contribution is -2.41. The van der Waals surface area contributed by atoms with E-state index in [9.17, 15) is 5.11 Å². The van der Waals surface area contributed by atoms with Gasteiger partial charge in [-0.05, 0) is 23.8 Å². The van der Waals surface area contributed by atoms with Gasteiger partial charge in [0.25, 0.3) is 0 Å². The first kappa shape index (κ1) is 18.0. The third kappa shape index (κ3) is 5.34. The summed E-state index contributed by atoms with van der Waals surface area (Å²) in [4.78, 5) is 0. The van der Waals surface area contributed by atoms with Crippen molar-refractivity contribution in [3.05, 3.63) is 59.1 Å². The molecule has 2 aromatic carbocycles.